The van der Waals surface area contributed by atoms with Crippen molar-refractivity contribution in [2.45, 2.75) is 46.6 Å². The molecule has 1 unspecified atom stereocenters. The number of ether oxygens (including phenoxy) is 1. The standard InChI is InChI=1S/C11H18ClNO2/c1-5-6-7-8(13-10(14)15-7)9(12)11(2,3)4/h7H,5-6H2,1-4H3,(H,13,14)/b9-8-. The summed E-state index contributed by atoms with van der Waals surface area (Å²) >= 11 is 6.24. The predicted octanol–water partition coefficient (Wildman–Crippen LogP) is 3.39. The Kier molecular flexibility index (Phi) is 3.66. The van der Waals surface area contributed by atoms with Gasteiger partial charge >= 0.3 is 6.09 Å². The zero-order valence-corrected chi connectivity index (χ0v) is 10.4. The monoisotopic (exact) mass is 231 g/mol. The van der Waals surface area contributed by atoms with E-state index in [0.29, 0.717) is 5.03 Å². The Morgan fingerprint density at radius 3 is 2.60 bits per heavy atom. The van der Waals surface area contributed by atoms with Gasteiger partial charge in [0.2, 0.25) is 0 Å². The number of hydrogen-bond donors (Lipinski definition) is 1. The van der Waals surface area contributed by atoms with Crippen molar-refractivity contribution in [3.05, 3.63) is 10.7 Å². The smallest absolute Gasteiger partial charge is 0.412 e. The minimum absolute atomic E-state index is 0.163. The van der Waals surface area contributed by atoms with Crippen LogP contribution in [0.4, 0.5) is 4.79 Å². The second-order valence-corrected chi connectivity index (χ2v) is 5.16. The van der Waals surface area contributed by atoms with Crippen molar-refractivity contribution >= 4 is 17.7 Å². The second kappa shape index (κ2) is 4.44. The lowest BCUT2D eigenvalue weighted by Crippen LogP contribution is -2.19. The lowest BCUT2D eigenvalue weighted by molar-refractivity contribution is 0.140. The summed E-state index contributed by atoms with van der Waals surface area (Å²) in [7, 11) is 0. The van der Waals surface area contributed by atoms with Crippen LogP contribution < -0.4 is 5.32 Å². The molecule has 15 heavy (non-hydrogen) atoms. The molecular weight excluding hydrogens is 214 g/mol. The molecule has 0 saturated carbocycles. The summed E-state index contributed by atoms with van der Waals surface area (Å²) in [5.41, 5.74) is 0.570. The van der Waals surface area contributed by atoms with E-state index in [1.54, 1.807) is 0 Å². The third-order valence-corrected chi connectivity index (χ3v) is 3.02. The van der Waals surface area contributed by atoms with Gasteiger partial charge in [0.15, 0.2) is 0 Å². The minimum atomic E-state index is -0.397. The lowest BCUT2D eigenvalue weighted by atomic mass is 9.93. The number of alkyl carbamates (subject to hydrolysis) is 1. The van der Waals surface area contributed by atoms with Gasteiger partial charge in [-0.2, -0.15) is 0 Å². The van der Waals surface area contributed by atoms with E-state index in [1.807, 2.05) is 20.8 Å². The maximum Gasteiger partial charge on any atom is 0.412 e. The number of hydrogen-bond acceptors (Lipinski definition) is 2. The number of carbonyl (C=O) groups is 1. The molecule has 1 amide bonds. The first-order chi connectivity index (χ1) is 6.86. The quantitative estimate of drug-likeness (QED) is 0.791. The molecule has 3 nitrogen and oxygen atoms in total. The molecule has 1 atom stereocenters. The molecule has 1 rings (SSSR count). The first kappa shape index (κ1) is 12.4. The van der Waals surface area contributed by atoms with Crippen molar-refractivity contribution in [1.29, 1.82) is 0 Å². The molecule has 0 bridgehead atoms. The number of cyclic esters (lactones) is 1. The number of nitrogens with one attached hydrogen (secondary N) is 1. The molecule has 0 aromatic heterocycles. The highest BCUT2D eigenvalue weighted by molar-refractivity contribution is 6.30. The van der Waals surface area contributed by atoms with Gasteiger partial charge in [0, 0.05) is 5.03 Å². The van der Waals surface area contributed by atoms with Gasteiger partial charge in [0.25, 0.3) is 0 Å². The van der Waals surface area contributed by atoms with Gasteiger partial charge in [-0.25, -0.2) is 4.79 Å². The van der Waals surface area contributed by atoms with Crippen molar-refractivity contribution in [1.82, 2.24) is 5.32 Å². The number of rotatable bonds is 2. The molecule has 0 radical (unpaired) electrons. The maximum atomic E-state index is 11.1. The highest BCUT2D eigenvalue weighted by Crippen LogP contribution is 2.34. The Morgan fingerprint density at radius 2 is 2.13 bits per heavy atom. The van der Waals surface area contributed by atoms with Crippen LogP contribution in [0, 0.1) is 5.41 Å². The maximum absolute atomic E-state index is 11.1. The van der Waals surface area contributed by atoms with Gasteiger partial charge in [0.05, 0.1) is 5.70 Å². The zero-order chi connectivity index (χ0) is 11.6. The highest BCUT2D eigenvalue weighted by atomic mass is 35.5. The summed E-state index contributed by atoms with van der Waals surface area (Å²) in [4.78, 5) is 11.1. The molecule has 1 heterocycles. The molecule has 1 saturated heterocycles. The molecule has 4 heteroatoms. The molecule has 0 aromatic carbocycles. The van der Waals surface area contributed by atoms with E-state index in [4.69, 9.17) is 16.3 Å². The molecule has 1 fully saturated rings. The van der Waals surface area contributed by atoms with Crippen LogP contribution in [0.5, 0.6) is 0 Å². The molecule has 86 valence electrons. The summed E-state index contributed by atoms with van der Waals surface area (Å²) in [6, 6.07) is 0. The summed E-state index contributed by atoms with van der Waals surface area (Å²) in [5.74, 6) is 0. The zero-order valence-electron chi connectivity index (χ0n) is 9.69. The molecule has 1 aliphatic heterocycles. The van der Waals surface area contributed by atoms with Crippen LogP contribution in [0.2, 0.25) is 0 Å². The fourth-order valence-corrected chi connectivity index (χ4v) is 1.64. The summed E-state index contributed by atoms with van der Waals surface area (Å²) < 4.78 is 5.14. The van der Waals surface area contributed by atoms with E-state index < -0.39 is 6.09 Å². The van der Waals surface area contributed by atoms with Gasteiger partial charge in [-0.15, -0.1) is 0 Å². The highest BCUT2D eigenvalue weighted by Gasteiger charge is 2.33. The SMILES string of the molecule is CCCC1OC(=O)N/C1=C(\Cl)C(C)(C)C. The molecule has 0 aliphatic carbocycles. The molecule has 0 spiro atoms. The van der Waals surface area contributed by atoms with Crippen molar-refractivity contribution in [3.63, 3.8) is 0 Å². The van der Waals surface area contributed by atoms with E-state index in [9.17, 15) is 4.79 Å². The fraction of sp³-hybridized carbons (Fsp3) is 0.727. The minimum Gasteiger partial charge on any atom is -0.440 e. The number of allylic oxidation sites excluding steroid dienone is 1. The van der Waals surface area contributed by atoms with Crippen LogP contribution in [-0.2, 0) is 4.74 Å². The Bertz CT molecular complexity index is 291. The van der Waals surface area contributed by atoms with Gasteiger partial charge in [-0.3, -0.25) is 5.32 Å². The summed E-state index contributed by atoms with van der Waals surface area (Å²) in [6.07, 6.45) is 1.16. The van der Waals surface area contributed by atoms with Crippen LogP contribution in [0.3, 0.4) is 0 Å². The largest absolute Gasteiger partial charge is 0.440 e. The van der Waals surface area contributed by atoms with Crippen LogP contribution in [-0.4, -0.2) is 12.2 Å². The number of carbonyl (C=O) groups excluding carboxylic acids is 1. The third kappa shape index (κ3) is 2.88. The lowest BCUT2D eigenvalue weighted by Gasteiger charge is -2.21. The number of halogens is 1. The van der Waals surface area contributed by atoms with E-state index in [0.717, 1.165) is 18.5 Å². The first-order valence-electron chi connectivity index (χ1n) is 5.24. The molecule has 0 aromatic rings. The molecule has 1 aliphatic rings. The predicted molar refractivity (Wildman–Crippen MR) is 60.6 cm³/mol. The van der Waals surface area contributed by atoms with Gasteiger partial charge < -0.3 is 4.74 Å². The van der Waals surface area contributed by atoms with Crippen molar-refractivity contribution in [2.75, 3.05) is 0 Å². The van der Waals surface area contributed by atoms with Crippen molar-refractivity contribution < 1.29 is 9.53 Å². The molecule has 1 N–H and O–H groups in total. The average molecular weight is 232 g/mol. The Hall–Kier alpha value is -0.700. The Morgan fingerprint density at radius 1 is 1.53 bits per heavy atom. The normalized spacial score (nSPS) is 24.9. The average Bonchev–Trinajstić information content (AvgIpc) is 2.44. The van der Waals surface area contributed by atoms with Gasteiger partial charge in [-0.05, 0) is 11.8 Å². The van der Waals surface area contributed by atoms with Crippen LogP contribution >= 0.6 is 11.6 Å². The second-order valence-electron chi connectivity index (χ2n) is 4.79. The van der Waals surface area contributed by atoms with Gasteiger partial charge in [-0.1, -0.05) is 45.7 Å². The summed E-state index contributed by atoms with van der Waals surface area (Å²) in [6.45, 7) is 8.08. The summed E-state index contributed by atoms with van der Waals surface area (Å²) in [5, 5.41) is 3.35. The van der Waals surface area contributed by atoms with Crippen molar-refractivity contribution in [2.24, 2.45) is 5.41 Å². The topological polar surface area (TPSA) is 38.3 Å². The van der Waals surface area contributed by atoms with Crippen LogP contribution in [0.15, 0.2) is 10.7 Å². The van der Waals surface area contributed by atoms with Crippen LogP contribution in [0.1, 0.15) is 40.5 Å². The Balaban J connectivity index is 2.96. The van der Waals surface area contributed by atoms with E-state index in [1.165, 1.54) is 0 Å². The van der Waals surface area contributed by atoms with E-state index in [-0.39, 0.29) is 11.5 Å². The third-order valence-electron chi connectivity index (χ3n) is 2.25. The fourth-order valence-electron chi connectivity index (χ4n) is 1.47. The number of amides is 1. The van der Waals surface area contributed by atoms with Crippen molar-refractivity contribution in [3.8, 4) is 0 Å². The Labute approximate surface area is 95.8 Å². The van der Waals surface area contributed by atoms with Gasteiger partial charge in [0.1, 0.15) is 6.10 Å². The first-order valence-corrected chi connectivity index (χ1v) is 5.61. The van der Waals surface area contributed by atoms with E-state index in [2.05, 4.69) is 12.2 Å². The molecular formula is C11H18ClNO2. The van der Waals surface area contributed by atoms with Crippen LogP contribution in [0.25, 0.3) is 0 Å². The van der Waals surface area contributed by atoms with E-state index >= 15 is 0 Å².